The van der Waals surface area contributed by atoms with Crippen molar-refractivity contribution in [1.29, 1.82) is 0 Å². The van der Waals surface area contributed by atoms with Crippen molar-refractivity contribution >= 4 is 0 Å². The van der Waals surface area contributed by atoms with Gasteiger partial charge in [0.1, 0.15) is 0 Å². The molecule has 1 aliphatic heterocycles. The van der Waals surface area contributed by atoms with E-state index in [1.54, 1.807) is 0 Å². The van der Waals surface area contributed by atoms with E-state index in [4.69, 9.17) is 0 Å². The average Bonchev–Trinajstić information content (AvgIpc) is 2.94. The molecule has 2 bridgehead atoms. The first-order valence-corrected chi connectivity index (χ1v) is 7.29. The maximum atomic E-state index is 3.80. The molecule has 2 aliphatic rings. The van der Waals surface area contributed by atoms with Crippen molar-refractivity contribution in [3.05, 3.63) is 35.9 Å². The number of hydrogen-bond donors (Lipinski definition) is 1. The summed E-state index contributed by atoms with van der Waals surface area (Å²) < 4.78 is 0. The van der Waals surface area contributed by atoms with Crippen LogP contribution in [-0.2, 0) is 6.54 Å². The molecule has 0 amide bonds. The fourth-order valence-electron chi connectivity index (χ4n) is 3.77. The van der Waals surface area contributed by atoms with Gasteiger partial charge in [0, 0.05) is 31.2 Å². The molecule has 1 N–H and O–H groups in total. The molecular formula is C16H24N2. The quantitative estimate of drug-likeness (QED) is 0.876. The number of hydrogen-bond acceptors (Lipinski definition) is 2. The van der Waals surface area contributed by atoms with Crippen LogP contribution in [0, 0.1) is 5.92 Å². The van der Waals surface area contributed by atoms with Crippen molar-refractivity contribution in [3.8, 4) is 0 Å². The molecule has 1 aromatic carbocycles. The Morgan fingerprint density at radius 1 is 1.22 bits per heavy atom. The monoisotopic (exact) mass is 244 g/mol. The van der Waals surface area contributed by atoms with E-state index in [2.05, 4.69) is 54.4 Å². The zero-order valence-electron chi connectivity index (χ0n) is 11.5. The van der Waals surface area contributed by atoms with Crippen LogP contribution in [0.3, 0.4) is 0 Å². The second kappa shape index (κ2) is 5.02. The first kappa shape index (κ1) is 12.2. The van der Waals surface area contributed by atoms with Crippen molar-refractivity contribution in [3.63, 3.8) is 0 Å². The number of piperidine rings is 1. The molecule has 2 heteroatoms. The average molecular weight is 244 g/mol. The van der Waals surface area contributed by atoms with Crippen molar-refractivity contribution < 1.29 is 0 Å². The minimum absolute atomic E-state index is 0.696. The van der Waals surface area contributed by atoms with Crippen LogP contribution in [-0.4, -0.2) is 29.6 Å². The van der Waals surface area contributed by atoms with Gasteiger partial charge in [0.2, 0.25) is 0 Å². The van der Waals surface area contributed by atoms with Gasteiger partial charge >= 0.3 is 0 Å². The summed E-state index contributed by atoms with van der Waals surface area (Å²) in [5, 5.41) is 3.80. The summed E-state index contributed by atoms with van der Waals surface area (Å²) in [6.45, 7) is 6.98. The Kier molecular flexibility index (Phi) is 3.40. The van der Waals surface area contributed by atoms with Gasteiger partial charge in [-0.05, 0) is 38.2 Å². The Bertz CT molecular complexity index is 387. The standard InChI is InChI=1S/C16H24N2/c1-12(2)18-11-14-8-9-15(18)16(14)17-10-13-6-4-3-5-7-13/h3-7,12,14-17H,8-11H2,1-2H3. The zero-order chi connectivity index (χ0) is 12.5. The topological polar surface area (TPSA) is 15.3 Å². The molecule has 3 rings (SSSR count). The van der Waals surface area contributed by atoms with Gasteiger partial charge in [-0.3, -0.25) is 4.90 Å². The first-order chi connectivity index (χ1) is 8.75. The Balaban J connectivity index is 1.61. The first-order valence-electron chi connectivity index (χ1n) is 7.29. The van der Waals surface area contributed by atoms with Crippen LogP contribution in [0.25, 0.3) is 0 Å². The van der Waals surface area contributed by atoms with E-state index < -0.39 is 0 Å². The fraction of sp³-hybridized carbons (Fsp3) is 0.625. The third-order valence-electron chi connectivity index (χ3n) is 4.67. The molecule has 0 spiro atoms. The molecular weight excluding hydrogens is 220 g/mol. The number of nitrogens with zero attached hydrogens (tertiary/aromatic N) is 1. The summed E-state index contributed by atoms with van der Waals surface area (Å²) >= 11 is 0. The zero-order valence-corrected chi connectivity index (χ0v) is 11.5. The van der Waals surface area contributed by atoms with Gasteiger partial charge in [0.25, 0.3) is 0 Å². The molecule has 3 unspecified atom stereocenters. The van der Waals surface area contributed by atoms with Crippen molar-refractivity contribution in [2.45, 2.75) is 51.4 Å². The maximum absolute atomic E-state index is 3.80. The largest absolute Gasteiger partial charge is 0.308 e. The Labute approximate surface area is 110 Å². The fourth-order valence-corrected chi connectivity index (χ4v) is 3.77. The highest BCUT2D eigenvalue weighted by Gasteiger charge is 2.46. The predicted octanol–water partition coefficient (Wildman–Crippen LogP) is 2.65. The van der Waals surface area contributed by atoms with Gasteiger partial charge in [-0.25, -0.2) is 0 Å². The van der Waals surface area contributed by atoms with E-state index in [0.717, 1.165) is 18.5 Å². The molecule has 1 aliphatic carbocycles. The van der Waals surface area contributed by atoms with E-state index in [1.165, 1.54) is 24.9 Å². The van der Waals surface area contributed by atoms with E-state index in [0.29, 0.717) is 12.1 Å². The molecule has 3 atom stereocenters. The summed E-state index contributed by atoms with van der Waals surface area (Å²) in [5.41, 5.74) is 1.40. The van der Waals surface area contributed by atoms with Crippen LogP contribution in [0.2, 0.25) is 0 Å². The van der Waals surface area contributed by atoms with Gasteiger partial charge in [0.05, 0.1) is 0 Å². The van der Waals surface area contributed by atoms with E-state index in [-0.39, 0.29) is 0 Å². The van der Waals surface area contributed by atoms with Gasteiger partial charge < -0.3 is 5.32 Å². The van der Waals surface area contributed by atoms with Crippen molar-refractivity contribution in [2.75, 3.05) is 6.54 Å². The smallest absolute Gasteiger partial charge is 0.0267 e. The Hall–Kier alpha value is -0.860. The summed E-state index contributed by atoms with van der Waals surface area (Å²) in [6, 6.07) is 13.0. The predicted molar refractivity (Wildman–Crippen MR) is 75.4 cm³/mol. The van der Waals surface area contributed by atoms with E-state index in [9.17, 15) is 0 Å². The summed E-state index contributed by atoms with van der Waals surface area (Å²) in [7, 11) is 0. The molecule has 1 saturated carbocycles. The van der Waals surface area contributed by atoms with Gasteiger partial charge in [-0.2, -0.15) is 0 Å². The third-order valence-corrected chi connectivity index (χ3v) is 4.67. The molecule has 2 nitrogen and oxygen atoms in total. The van der Waals surface area contributed by atoms with Crippen LogP contribution in [0.5, 0.6) is 0 Å². The van der Waals surface area contributed by atoms with Crippen LogP contribution < -0.4 is 5.32 Å². The van der Waals surface area contributed by atoms with Crippen LogP contribution in [0.1, 0.15) is 32.3 Å². The van der Waals surface area contributed by atoms with E-state index in [1.807, 2.05) is 0 Å². The van der Waals surface area contributed by atoms with Gasteiger partial charge in [0.15, 0.2) is 0 Å². The summed E-state index contributed by atoms with van der Waals surface area (Å²) in [6.07, 6.45) is 2.80. The molecule has 98 valence electrons. The number of nitrogens with one attached hydrogen (secondary N) is 1. The second-order valence-electron chi connectivity index (χ2n) is 6.09. The van der Waals surface area contributed by atoms with Crippen LogP contribution in [0.15, 0.2) is 30.3 Å². The molecule has 2 fully saturated rings. The SMILES string of the molecule is CC(C)N1CC2CCC1C2NCc1ccccc1. The third kappa shape index (κ3) is 2.19. The highest BCUT2D eigenvalue weighted by Crippen LogP contribution is 2.39. The highest BCUT2D eigenvalue weighted by molar-refractivity contribution is 5.15. The molecule has 0 aromatic heterocycles. The lowest BCUT2D eigenvalue weighted by Gasteiger charge is -2.31. The highest BCUT2D eigenvalue weighted by atomic mass is 15.3. The number of likely N-dealkylation sites (tertiary alicyclic amines) is 1. The van der Waals surface area contributed by atoms with Gasteiger partial charge in [-0.1, -0.05) is 30.3 Å². The molecule has 1 heterocycles. The minimum Gasteiger partial charge on any atom is -0.308 e. The molecule has 18 heavy (non-hydrogen) atoms. The van der Waals surface area contributed by atoms with E-state index >= 15 is 0 Å². The summed E-state index contributed by atoms with van der Waals surface area (Å²) in [4.78, 5) is 2.69. The normalized spacial score (nSPS) is 31.4. The lowest BCUT2D eigenvalue weighted by molar-refractivity contribution is 0.165. The number of fused-ring (bicyclic) bond motifs is 2. The lowest BCUT2D eigenvalue weighted by atomic mass is 10.1. The molecule has 0 radical (unpaired) electrons. The Morgan fingerprint density at radius 2 is 2.00 bits per heavy atom. The number of benzene rings is 1. The second-order valence-corrected chi connectivity index (χ2v) is 6.09. The van der Waals surface area contributed by atoms with Crippen LogP contribution >= 0.6 is 0 Å². The molecule has 1 aromatic rings. The molecule has 1 saturated heterocycles. The van der Waals surface area contributed by atoms with Crippen molar-refractivity contribution in [2.24, 2.45) is 5.92 Å². The van der Waals surface area contributed by atoms with Crippen molar-refractivity contribution in [1.82, 2.24) is 10.2 Å². The Morgan fingerprint density at radius 3 is 2.67 bits per heavy atom. The minimum atomic E-state index is 0.696. The maximum Gasteiger partial charge on any atom is 0.0267 e. The van der Waals surface area contributed by atoms with Crippen LogP contribution in [0.4, 0.5) is 0 Å². The van der Waals surface area contributed by atoms with Gasteiger partial charge in [-0.15, -0.1) is 0 Å². The lowest BCUT2D eigenvalue weighted by Crippen LogP contribution is -2.43. The summed E-state index contributed by atoms with van der Waals surface area (Å²) in [5.74, 6) is 0.876. The number of rotatable bonds is 4.